The number of benzene rings is 2. The molecule has 31 heavy (non-hydrogen) atoms. The molecule has 1 saturated heterocycles. The van der Waals surface area contributed by atoms with Crippen LogP contribution in [0.2, 0.25) is 0 Å². The fourth-order valence-corrected chi connectivity index (χ4v) is 5.14. The van der Waals surface area contributed by atoms with Crippen LogP contribution in [0.25, 0.3) is 21.7 Å². The molecular weight excluding hydrogens is 412 g/mol. The Balaban J connectivity index is 1.73. The first-order valence-corrected chi connectivity index (χ1v) is 11.6. The average Bonchev–Trinajstić information content (AvgIpc) is 2.81. The Labute approximate surface area is 185 Å². The van der Waals surface area contributed by atoms with E-state index in [1.165, 1.54) is 11.8 Å². The molecule has 2 aromatic carbocycles. The second kappa shape index (κ2) is 9.80. The minimum atomic E-state index is -0.347. The van der Waals surface area contributed by atoms with Crippen LogP contribution in [0.5, 0.6) is 0 Å². The van der Waals surface area contributed by atoms with Gasteiger partial charge in [0.2, 0.25) is 5.91 Å². The minimum absolute atomic E-state index is 0.0686. The zero-order valence-corrected chi connectivity index (χ0v) is 18.8. The van der Waals surface area contributed by atoms with E-state index in [4.69, 9.17) is 9.72 Å². The van der Waals surface area contributed by atoms with Crippen LogP contribution in [0.15, 0.2) is 46.3 Å². The van der Waals surface area contributed by atoms with Crippen LogP contribution in [0.3, 0.4) is 0 Å². The van der Waals surface area contributed by atoms with E-state index in [1.807, 2.05) is 48.2 Å². The van der Waals surface area contributed by atoms with Gasteiger partial charge in [-0.1, -0.05) is 36.0 Å². The number of amides is 1. The zero-order valence-electron chi connectivity index (χ0n) is 18.0. The van der Waals surface area contributed by atoms with Crippen LogP contribution in [0, 0.1) is 0 Å². The monoisotopic (exact) mass is 440 g/mol. The van der Waals surface area contributed by atoms with Crippen molar-refractivity contribution in [3.05, 3.63) is 46.8 Å². The second-order valence-electron chi connectivity index (χ2n) is 7.62. The van der Waals surface area contributed by atoms with E-state index in [0.29, 0.717) is 48.7 Å². The molecule has 1 amide bonds. The van der Waals surface area contributed by atoms with Crippen molar-refractivity contribution in [2.75, 3.05) is 39.9 Å². The molecule has 1 fully saturated rings. The number of thioether (sulfide) groups is 1. The molecule has 1 atom stereocenters. The van der Waals surface area contributed by atoms with E-state index in [0.717, 1.165) is 23.9 Å². The SMILES string of the molecule is CCn1c(SC(CCOC)C(=O)N2CCNCC2)nc2cc3ccccc3cc2c1=O. The van der Waals surface area contributed by atoms with Crippen LogP contribution < -0.4 is 10.9 Å². The summed E-state index contributed by atoms with van der Waals surface area (Å²) in [7, 11) is 1.64. The fourth-order valence-electron chi connectivity index (χ4n) is 3.93. The summed E-state index contributed by atoms with van der Waals surface area (Å²) in [5.74, 6) is 0.0825. The van der Waals surface area contributed by atoms with Gasteiger partial charge in [-0.05, 0) is 36.2 Å². The standard InChI is InChI=1S/C23H28N4O3S/c1-3-27-21(28)18-14-16-6-4-5-7-17(16)15-19(18)25-23(27)31-20(8-13-30-2)22(29)26-11-9-24-10-12-26/h4-7,14-15,20,24H,3,8-13H2,1-2H3. The predicted octanol–water partition coefficient (Wildman–Crippen LogP) is 2.50. The van der Waals surface area contributed by atoms with Gasteiger partial charge < -0.3 is 15.0 Å². The summed E-state index contributed by atoms with van der Waals surface area (Å²) < 4.78 is 6.93. The topological polar surface area (TPSA) is 76.5 Å². The van der Waals surface area contributed by atoms with Crippen molar-refractivity contribution in [3.8, 4) is 0 Å². The molecule has 1 N–H and O–H groups in total. The van der Waals surface area contributed by atoms with E-state index in [1.54, 1.807) is 11.7 Å². The van der Waals surface area contributed by atoms with Crippen LogP contribution in [-0.4, -0.2) is 65.5 Å². The number of nitrogens with one attached hydrogen (secondary N) is 1. The van der Waals surface area contributed by atoms with Crippen LogP contribution in [0.1, 0.15) is 13.3 Å². The predicted molar refractivity (Wildman–Crippen MR) is 125 cm³/mol. The van der Waals surface area contributed by atoms with Crippen molar-refractivity contribution in [2.24, 2.45) is 0 Å². The maximum atomic E-state index is 13.3. The van der Waals surface area contributed by atoms with Crippen molar-refractivity contribution in [1.82, 2.24) is 19.8 Å². The van der Waals surface area contributed by atoms with E-state index in [-0.39, 0.29) is 16.7 Å². The Morgan fingerprint density at radius 3 is 2.61 bits per heavy atom. The van der Waals surface area contributed by atoms with Gasteiger partial charge >= 0.3 is 0 Å². The molecule has 2 heterocycles. The number of hydrogen-bond acceptors (Lipinski definition) is 6. The quantitative estimate of drug-likeness (QED) is 0.346. The normalized spacial score (nSPS) is 15.5. The molecule has 0 radical (unpaired) electrons. The summed E-state index contributed by atoms with van der Waals surface area (Å²) >= 11 is 1.38. The Morgan fingerprint density at radius 1 is 1.23 bits per heavy atom. The number of piperazine rings is 1. The van der Waals surface area contributed by atoms with Gasteiger partial charge in [0.1, 0.15) is 0 Å². The van der Waals surface area contributed by atoms with Crippen molar-refractivity contribution in [1.29, 1.82) is 0 Å². The van der Waals surface area contributed by atoms with Crippen molar-refractivity contribution >= 4 is 39.3 Å². The van der Waals surface area contributed by atoms with Crippen LogP contribution in [-0.2, 0) is 16.1 Å². The van der Waals surface area contributed by atoms with Crippen LogP contribution in [0.4, 0.5) is 0 Å². The lowest BCUT2D eigenvalue weighted by atomic mass is 10.1. The number of hydrogen-bond donors (Lipinski definition) is 1. The molecule has 1 aliphatic heterocycles. The first kappa shape index (κ1) is 21.8. The number of aromatic nitrogens is 2. The highest BCUT2D eigenvalue weighted by Gasteiger charge is 2.28. The van der Waals surface area contributed by atoms with E-state index >= 15 is 0 Å². The highest BCUT2D eigenvalue weighted by molar-refractivity contribution is 8.00. The van der Waals surface area contributed by atoms with Gasteiger partial charge in [0, 0.05) is 46.4 Å². The molecule has 3 aromatic rings. The molecule has 7 nitrogen and oxygen atoms in total. The second-order valence-corrected chi connectivity index (χ2v) is 8.79. The third kappa shape index (κ3) is 4.61. The lowest BCUT2D eigenvalue weighted by molar-refractivity contribution is -0.131. The highest BCUT2D eigenvalue weighted by Crippen LogP contribution is 2.28. The molecule has 164 valence electrons. The van der Waals surface area contributed by atoms with Gasteiger partial charge in [0.05, 0.1) is 16.2 Å². The Morgan fingerprint density at radius 2 is 1.94 bits per heavy atom. The van der Waals surface area contributed by atoms with E-state index in [9.17, 15) is 9.59 Å². The molecule has 0 saturated carbocycles. The number of methoxy groups -OCH3 is 1. The summed E-state index contributed by atoms with van der Waals surface area (Å²) in [5.41, 5.74) is 0.594. The number of carbonyl (C=O) groups is 1. The molecule has 1 aromatic heterocycles. The minimum Gasteiger partial charge on any atom is -0.385 e. The Kier molecular flexibility index (Phi) is 6.89. The van der Waals surface area contributed by atoms with E-state index < -0.39 is 0 Å². The zero-order chi connectivity index (χ0) is 21.8. The first-order valence-electron chi connectivity index (χ1n) is 10.7. The van der Waals surface area contributed by atoms with Gasteiger partial charge in [-0.2, -0.15) is 0 Å². The molecule has 4 rings (SSSR count). The number of ether oxygens (including phenoxy) is 1. The van der Waals surface area contributed by atoms with Crippen molar-refractivity contribution in [3.63, 3.8) is 0 Å². The van der Waals surface area contributed by atoms with Crippen molar-refractivity contribution in [2.45, 2.75) is 30.3 Å². The summed E-state index contributed by atoms with van der Waals surface area (Å²) in [5, 5.41) is 6.18. The molecular formula is C23H28N4O3S. The van der Waals surface area contributed by atoms with Gasteiger partial charge in [-0.3, -0.25) is 14.2 Å². The Hall–Kier alpha value is -2.42. The molecule has 0 bridgehead atoms. The lowest BCUT2D eigenvalue weighted by Crippen LogP contribution is -2.49. The number of nitrogens with zero attached hydrogens (tertiary/aromatic N) is 3. The summed E-state index contributed by atoms with van der Waals surface area (Å²) in [6.07, 6.45) is 0.569. The maximum Gasteiger partial charge on any atom is 0.262 e. The number of carbonyl (C=O) groups excluding carboxylic acids is 1. The smallest absolute Gasteiger partial charge is 0.262 e. The number of fused-ring (bicyclic) bond motifs is 2. The number of rotatable bonds is 7. The molecule has 8 heteroatoms. The summed E-state index contributed by atoms with van der Waals surface area (Å²) in [4.78, 5) is 33.2. The maximum absolute atomic E-state index is 13.3. The summed E-state index contributed by atoms with van der Waals surface area (Å²) in [6, 6.07) is 11.8. The Bertz CT molecular complexity index is 1140. The van der Waals surface area contributed by atoms with Gasteiger partial charge in [0.25, 0.3) is 5.56 Å². The van der Waals surface area contributed by atoms with Crippen LogP contribution >= 0.6 is 11.8 Å². The largest absolute Gasteiger partial charge is 0.385 e. The highest BCUT2D eigenvalue weighted by atomic mass is 32.2. The van der Waals surface area contributed by atoms with E-state index in [2.05, 4.69) is 5.32 Å². The van der Waals surface area contributed by atoms with Gasteiger partial charge in [-0.25, -0.2) is 4.98 Å². The average molecular weight is 441 g/mol. The van der Waals surface area contributed by atoms with Gasteiger partial charge in [-0.15, -0.1) is 0 Å². The third-order valence-corrected chi connectivity index (χ3v) is 6.88. The molecule has 0 aliphatic carbocycles. The third-order valence-electron chi connectivity index (χ3n) is 5.64. The first-order chi connectivity index (χ1) is 15.1. The molecule has 1 aliphatic rings. The lowest BCUT2D eigenvalue weighted by Gasteiger charge is -2.30. The molecule has 1 unspecified atom stereocenters. The van der Waals surface area contributed by atoms with Gasteiger partial charge in [0.15, 0.2) is 5.16 Å². The summed E-state index contributed by atoms with van der Waals surface area (Å²) in [6.45, 7) is 5.89. The molecule has 0 spiro atoms. The van der Waals surface area contributed by atoms with Crippen molar-refractivity contribution < 1.29 is 9.53 Å². The fraction of sp³-hybridized carbons (Fsp3) is 0.435.